The standard InChI is InChI=1S/C34H35N5O7/c35-31(42)16-15-27(36-21-40)32(43)37-28(18-25-19-39(22-41)30-14-8-7-13-26(25)30)33(44)38-29(17-23-9-3-1-4-10-23)34(45)46-20-24-11-5-2-6-12-24/h1-14,19,21-22,27-29H,15-18,20H2,(H2,35,42)(H,36,40)(H,37,43)(H,38,44)/t27-,28+,29-/m0/s1. The van der Waals surface area contributed by atoms with Crippen LogP contribution in [0.4, 0.5) is 0 Å². The first kappa shape index (κ1) is 33.1. The van der Waals surface area contributed by atoms with Crippen molar-refractivity contribution in [3.8, 4) is 0 Å². The lowest BCUT2D eigenvalue weighted by atomic mass is 10.0. The van der Waals surface area contributed by atoms with Crippen LogP contribution in [-0.2, 0) is 53.0 Å². The largest absolute Gasteiger partial charge is 0.459 e. The third kappa shape index (κ3) is 9.11. The monoisotopic (exact) mass is 625 g/mol. The average Bonchev–Trinajstić information content (AvgIpc) is 3.43. The maximum atomic E-state index is 13.9. The maximum absolute atomic E-state index is 13.9. The Morgan fingerprint density at radius 1 is 0.761 bits per heavy atom. The van der Waals surface area contributed by atoms with Gasteiger partial charge in [-0.2, -0.15) is 0 Å². The van der Waals surface area contributed by atoms with Gasteiger partial charge in [-0.3, -0.25) is 28.5 Å². The number of esters is 1. The van der Waals surface area contributed by atoms with Crippen LogP contribution in [0.15, 0.2) is 91.1 Å². The summed E-state index contributed by atoms with van der Waals surface area (Å²) in [7, 11) is 0. The van der Waals surface area contributed by atoms with Crippen molar-refractivity contribution >= 4 is 47.4 Å². The second-order valence-corrected chi connectivity index (χ2v) is 10.6. The number of fused-ring (bicyclic) bond motifs is 1. The number of nitrogens with one attached hydrogen (secondary N) is 3. The van der Waals surface area contributed by atoms with E-state index in [0.29, 0.717) is 29.3 Å². The van der Waals surface area contributed by atoms with Gasteiger partial charge in [0.05, 0.1) is 5.52 Å². The molecule has 4 aromatic rings. The lowest BCUT2D eigenvalue weighted by Gasteiger charge is -2.24. The average molecular weight is 626 g/mol. The Labute approximate surface area is 265 Å². The number of ether oxygens (including phenoxy) is 1. The van der Waals surface area contributed by atoms with Gasteiger partial charge in [-0.25, -0.2) is 4.79 Å². The van der Waals surface area contributed by atoms with Gasteiger partial charge in [0, 0.05) is 30.8 Å². The van der Waals surface area contributed by atoms with E-state index in [0.717, 1.165) is 11.1 Å². The molecule has 0 aliphatic heterocycles. The quantitative estimate of drug-likeness (QED) is 0.102. The molecule has 1 aromatic heterocycles. The summed E-state index contributed by atoms with van der Waals surface area (Å²) in [4.78, 5) is 75.0. The molecule has 0 fully saturated rings. The fourth-order valence-electron chi connectivity index (χ4n) is 5.03. The number of nitrogens with two attached hydrogens (primary N) is 1. The van der Waals surface area contributed by atoms with E-state index in [1.54, 1.807) is 42.6 Å². The van der Waals surface area contributed by atoms with E-state index in [2.05, 4.69) is 16.0 Å². The van der Waals surface area contributed by atoms with Crippen LogP contribution in [0.2, 0.25) is 0 Å². The molecule has 4 amide bonds. The van der Waals surface area contributed by atoms with E-state index in [1.165, 1.54) is 4.57 Å². The van der Waals surface area contributed by atoms with E-state index in [-0.39, 0.29) is 32.3 Å². The molecule has 0 saturated heterocycles. The lowest BCUT2D eigenvalue weighted by Crippen LogP contribution is -2.56. The van der Waals surface area contributed by atoms with Gasteiger partial charge in [-0.15, -0.1) is 0 Å². The minimum Gasteiger partial charge on any atom is -0.459 e. The van der Waals surface area contributed by atoms with Crippen molar-refractivity contribution in [2.24, 2.45) is 5.73 Å². The van der Waals surface area contributed by atoms with Crippen LogP contribution in [0.25, 0.3) is 10.9 Å². The van der Waals surface area contributed by atoms with Crippen LogP contribution >= 0.6 is 0 Å². The van der Waals surface area contributed by atoms with Crippen LogP contribution in [0.1, 0.15) is 29.5 Å². The van der Waals surface area contributed by atoms with Crippen LogP contribution in [0, 0.1) is 0 Å². The third-order valence-corrected chi connectivity index (χ3v) is 7.37. The first-order chi connectivity index (χ1) is 22.3. The number of rotatable bonds is 17. The molecule has 0 saturated carbocycles. The number of amides is 4. The van der Waals surface area contributed by atoms with Gasteiger partial charge < -0.3 is 26.4 Å². The van der Waals surface area contributed by atoms with Gasteiger partial charge in [0.25, 0.3) is 0 Å². The summed E-state index contributed by atoms with van der Waals surface area (Å²) in [6, 6.07) is 21.7. The van der Waals surface area contributed by atoms with Gasteiger partial charge in [-0.05, 0) is 29.2 Å². The molecule has 0 radical (unpaired) electrons. The first-order valence-corrected chi connectivity index (χ1v) is 14.7. The minimum absolute atomic E-state index is 0.00882. The van der Waals surface area contributed by atoms with Gasteiger partial charge in [0.15, 0.2) is 0 Å². The Morgan fingerprint density at radius 3 is 2.02 bits per heavy atom. The first-order valence-electron chi connectivity index (χ1n) is 14.7. The molecule has 0 unspecified atom stereocenters. The zero-order chi connectivity index (χ0) is 32.9. The number of carbonyl (C=O) groups excluding carboxylic acids is 6. The number of nitrogens with zero attached hydrogens (tertiary/aromatic N) is 1. The summed E-state index contributed by atoms with van der Waals surface area (Å²) < 4.78 is 6.93. The van der Waals surface area contributed by atoms with Gasteiger partial charge >= 0.3 is 5.97 Å². The molecule has 3 aromatic carbocycles. The molecular weight excluding hydrogens is 590 g/mol. The van der Waals surface area contributed by atoms with Crippen LogP contribution in [0.5, 0.6) is 0 Å². The molecule has 0 spiro atoms. The van der Waals surface area contributed by atoms with Gasteiger partial charge in [0.1, 0.15) is 24.7 Å². The van der Waals surface area contributed by atoms with Crippen molar-refractivity contribution in [3.05, 3.63) is 108 Å². The molecule has 1 heterocycles. The number of hydrogen-bond acceptors (Lipinski definition) is 7. The van der Waals surface area contributed by atoms with Crippen molar-refractivity contribution in [2.75, 3.05) is 0 Å². The van der Waals surface area contributed by atoms with Crippen molar-refractivity contribution in [3.63, 3.8) is 0 Å². The highest BCUT2D eigenvalue weighted by molar-refractivity contribution is 5.94. The highest BCUT2D eigenvalue weighted by Gasteiger charge is 2.31. The Bertz CT molecular complexity index is 1670. The van der Waals surface area contributed by atoms with Crippen molar-refractivity contribution in [1.29, 1.82) is 0 Å². The van der Waals surface area contributed by atoms with E-state index >= 15 is 0 Å². The van der Waals surface area contributed by atoms with E-state index in [1.807, 2.05) is 48.5 Å². The number of hydrogen-bond donors (Lipinski definition) is 4. The minimum atomic E-state index is -1.26. The normalized spacial score (nSPS) is 12.7. The molecule has 238 valence electrons. The summed E-state index contributed by atoms with van der Waals surface area (Å²) >= 11 is 0. The van der Waals surface area contributed by atoms with E-state index < -0.39 is 41.8 Å². The van der Waals surface area contributed by atoms with Crippen molar-refractivity contribution in [1.82, 2.24) is 20.5 Å². The fourth-order valence-corrected chi connectivity index (χ4v) is 5.03. The molecular formula is C34H35N5O7. The molecule has 0 bridgehead atoms. The Morgan fingerprint density at radius 2 is 1.37 bits per heavy atom. The SMILES string of the molecule is NC(=O)CC[C@H](NC=O)C(=O)N[C@H](Cc1cn(C=O)c2ccccc12)C(=O)N[C@@H](Cc1ccccc1)C(=O)OCc1ccccc1. The Balaban J connectivity index is 1.62. The zero-order valence-corrected chi connectivity index (χ0v) is 25.0. The Hall–Kier alpha value is -5.78. The summed E-state index contributed by atoms with van der Waals surface area (Å²) in [6.07, 6.45) is 2.27. The van der Waals surface area contributed by atoms with Crippen LogP contribution in [0.3, 0.4) is 0 Å². The molecule has 3 atom stereocenters. The topological polar surface area (TPSA) is 179 Å². The maximum Gasteiger partial charge on any atom is 0.329 e. The summed E-state index contributed by atoms with van der Waals surface area (Å²) in [5.74, 6) is -2.78. The molecule has 12 heteroatoms. The fraction of sp³-hybridized carbons (Fsp3) is 0.235. The van der Waals surface area contributed by atoms with Gasteiger partial charge in [-0.1, -0.05) is 78.9 Å². The molecule has 0 aliphatic rings. The van der Waals surface area contributed by atoms with E-state index in [4.69, 9.17) is 10.5 Å². The predicted octanol–water partition coefficient (Wildman–Crippen LogP) is 1.56. The third-order valence-electron chi connectivity index (χ3n) is 7.37. The second kappa shape index (κ2) is 16.3. The lowest BCUT2D eigenvalue weighted by molar-refractivity contribution is -0.149. The molecule has 46 heavy (non-hydrogen) atoms. The summed E-state index contributed by atoms with van der Waals surface area (Å²) in [5, 5.41) is 8.44. The van der Waals surface area contributed by atoms with Crippen molar-refractivity contribution in [2.45, 2.75) is 50.4 Å². The highest BCUT2D eigenvalue weighted by Crippen LogP contribution is 2.22. The molecule has 12 nitrogen and oxygen atoms in total. The predicted molar refractivity (Wildman–Crippen MR) is 169 cm³/mol. The van der Waals surface area contributed by atoms with Crippen LogP contribution < -0.4 is 21.7 Å². The second-order valence-electron chi connectivity index (χ2n) is 10.6. The number of primary amides is 1. The molecule has 5 N–H and O–H groups in total. The Kier molecular flexibility index (Phi) is 11.8. The number of benzene rings is 3. The summed E-state index contributed by atoms with van der Waals surface area (Å²) in [5.41, 5.74) is 7.95. The molecule has 4 rings (SSSR count). The van der Waals surface area contributed by atoms with Crippen molar-refractivity contribution < 1.29 is 33.5 Å². The molecule has 0 aliphatic carbocycles. The van der Waals surface area contributed by atoms with Gasteiger partial charge in [0.2, 0.25) is 30.5 Å². The number of carbonyl (C=O) groups is 6. The number of para-hydroxylation sites is 1. The smallest absolute Gasteiger partial charge is 0.329 e. The van der Waals surface area contributed by atoms with Crippen LogP contribution in [-0.4, -0.2) is 59.2 Å². The number of aromatic nitrogens is 1. The highest BCUT2D eigenvalue weighted by atomic mass is 16.5. The van der Waals surface area contributed by atoms with E-state index in [9.17, 15) is 28.8 Å². The zero-order valence-electron chi connectivity index (χ0n) is 25.0. The summed E-state index contributed by atoms with van der Waals surface area (Å²) in [6.45, 7) is -0.00882.